The molecule has 0 radical (unpaired) electrons. The summed E-state index contributed by atoms with van der Waals surface area (Å²) in [7, 11) is -3.46. The van der Waals surface area contributed by atoms with E-state index in [1.54, 1.807) is 11.8 Å². The molecule has 40 heavy (non-hydrogen) atoms. The molecule has 0 atom stereocenters. The van der Waals surface area contributed by atoms with Gasteiger partial charge in [-0.05, 0) is 87.6 Å². The summed E-state index contributed by atoms with van der Waals surface area (Å²) in [6.45, 7) is 18.4. The normalized spacial score (nSPS) is 14.7. The fourth-order valence-electron chi connectivity index (χ4n) is 4.48. The Balaban J connectivity index is 1.37. The Bertz CT molecular complexity index is 1330. The SMILES string of the molecule is CC(C)(O[Si](C)(C)[Si](C)(C)C)C(=O)c1ccc(Sc2ccc(C(=O)c3ccc(N4CCOCC4)cc3)cc2)cc1. The predicted octanol–water partition coefficient (Wildman–Crippen LogP) is 7.51. The number of anilines is 1. The molecule has 1 aliphatic heterocycles. The zero-order valence-electron chi connectivity index (χ0n) is 24.7. The number of ketones is 2. The molecule has 0 unspecified atom stereocenters. The third kappa shape index (κ3) is 7.22. The van der Waals surface area contributed by atoms with Gasteiger partial charge in [-0.1, -0.05) is 43.5 Å². The summed E-state index contributed by atoms with van der Waals surface area (Å²) in [4.78, 5) is 30.7. The lowest BCUT2D eigenvalue weighted by Crippen LogP contribution is -2.59. The van der Waals surface area contributed by atoms with Crippen LogP contribution >= 0.6 is 11.8 Å². The summed E-state index contributed by atoms with van der Waals surface area (Å²) >= 11 is 1.61. The van der Waals surface area contributed by atoms with E-state index >= 15 is 0 Å². The zero-order valence-corrected chi connectivity index (χ0v) is 27.6. The van der Waals surface area contributed by atoms with Crippen LogP contribution in [0, 0.1) is 0 Å². The maximum absolute atomic E-state index is 13.3. The van der Waals surface area contributed by atoms with E-state index in [0.717, 1.165) is 41.8 Å². The molecule has 1 fully saturated rings. The van der Waals surface area contributed by atoms with E-state index < -0.39 is 21.0 Å². The highest BCUT2D eigenvalue weighted by Gasteiger charge is 2.45. The molecule has 0 amide bonds. The first-order valence-corrected chi connectivity index (χ1v) is 22.1. The molecule has 8 heteroatoms. The smallest absolute Gasteiger partial charge is 0.193 e. The minimum absolute atomic E-state index is 0.0122. The van der Waals surface area contributed by atoms with E-state index in [2.05, 4.69) is 37.6 Å². The van der Waals surface area contributed by atoms with Crippen LogP contribution in [0.15, 0.2) is 82.6 Å². The van der Waals surface area contributed by atoms with Crippen LogP contribution < -0.4 is 4.90 Å². The second-order valence-corrected chi connectivity index (χ2v) is 29.3. The van der Waals surface area contributed by atoms with E-state index in [0.29, 0.717) is 16.7 Å². The molecule has 1 heterocycles. The van der Waals surface area contributed by atoms with Gasteiger partial charge in [0, 0.05) is 45.3 Å². The van der Waals surface area contributed by atoms with Crippen molar-refractivity contribution in [1.82, 2.24) is 0 Å². The monoisotopic (exact) mass is 591 g/mol. The van der Waals surface area contributed by atoms with Crippen molar-refractivity contribution in [1.29, 1.82) is 0 Å². The van der Waals surface area contributed by atoms with Crippen LogP contribution in [0.1, 0.15) is 40.1 Å². The van der Waals surface area contributed by atoms with Crippen LogP contribution in [0.25, 0.3) is 0 Å². The number of benzene rings is 3. The van der Waals surface area contributed by atoms with Crippen molar-refractivity contribution < 1.29 is 18.8 Å². The van der Waals surface area contributed by atoms with Gasteiger partial charge in [0.05, 0.1) is 20.8 Å². The summed E-state index contributed by atoms with van der Waals surface area (Å²) in [5, 5.41) is 0. The van der Waals surface area contributed by atoms with E-state index in [-0.39, 0.29) is 11.6 Å². The van der Waals surface area contributed by atoms with Gasteiger partial charge in [-0.3, -0.25) is 9.59 Å². The number of hydrogen-bond donors (Lipinski definition) is 0. The fraction of sp³-hybridized carbons (Fsp3) is 0.375. The average Bonchev–Trinajstić information content (AvgIpc) is 2.92. The van der Waals surface area contributed by atoms with Gasteiger partial charge in [-0.25, -0.2) is 0 Å². The molecule has 1 saturated heterocycles. The van der Waals surface area contributed by atoms with Gasteiger partial charge in [-0.2, -0.15) is 0 Å². The summed E-state index contributed by atoms with van der Waals surface area (Å²) in [5.41, 5.74) is 2.27. The summed E-state index contributed by atoms with van der Waals surface area (Å²) in [5.74, 6) is 0.0295. The molecule has 5 nitrogen and oxygen atoms in total. The molecule has 0 saturated carbocycles. The molecule has 0 aliphatic carbocycles. The van der Waals surface area contributed by atoms with Crippen molar-refractivity contribution in [2.24, 2.45) is 0 Å². The second kappa shape index (κ2) is 12.2. The third-order valence-corrected chi connectivity index (χ3v) is 24.6. The Morgan fingerprint density at radius 3 is 1.68 bits per heavy atom. The van der Waals surface area contributed by atoms with Gasteiger partial charge >= 0.3 is 0 Å². The third-order valence-electron chi connectivity index (χ3n) is 7.84. The van der Waals surface area contributed by atoms with Crippen molar-refractivity contribution in [3.8, 4) is 0 Å². The molecule has 0 aromatic heterocycles. The Kier molecular flexibility index (Phi) is 9.26. The molecular formula is C32H41NO4SSi2. The maximum atomic E-state index is 13.3. The number of ether oxygens (including phenoxy) is 1. The first-order valence-electron chi connectivity index (χ1n) is 13.9. The Morgan fingerprint density at radius 2 is 1.20 bits per heavy atom. The van der Waals surface area contributed by atoms with E-state index in [9.17, 15) is 9.59 Å². The molecule has 1 aliphatic rings. The van der Waals surface area contributed by atoms with Gasteiger partial charge in [0.2, 0.25) is 0 Å². The van der Waals surface area contributed by atoms with Crippen molar-refractivity contribution in [3.63, 3.8) is 0 Å². The average molecular weight is 592 g/mol. The maximum Gasteiger partial charge on any atom is 0.193 e. The molecule has 4 rings (SSSR count). The van der Waals surface area contributed by atoms with Crippen LogP contribution in [0.2, 0.25) is 32.7 Å². The van der Waals surface area contributed by atoms with Crippen LogP contribution in [-0.2, 0) is 9.16 Å². The number of morpholine rings is 1. The van der Waals surface area contributed by atoms with Gasteiger partial charge in [-0.15, -0.1) is 0 Å². The van der Waals surface area contributed by atoms with E-state index in [1.165, 1.54) is 0 Å². The molecule has 0 bridgehead atoms. The van der Waals surface area contributed by atoms with Crippen molar-refractivity contribution >= 4 is 44.4 Å². The van der Waals surface area contributed by atoms with Crippen LogP contribution in [0.5, 0.6) is 0 Å². The van der Waals surface area contributed by atoms with Gasteiger partial charge in [0.1, 0.15) is 5.60 Å². The number of nitrogens with zero attached hydrogens (tertiary/aromatic N) is 1. The lowest BCUT2D eigenvalue weighted by atomic mass is 9.97. The molecule has 3 aromatic carbocycles. The largest absolute Gasteiger partial charge is 0.408 e. The standard InChI is InChI=1S/C32H41NO4SSi2/c1-32(2,37-40(6,7)39(3,4)5)31(35)26-12-18-29(19-13-26)38-28-16-10-25(11-17-28)30(34)24-8-14-27(15-9-24)33-20-22-36-23-21-33/h8-19H,20-23H2,1-7H3. The van der Waals surface area contributed by atoms with Crippen molar-refractivity contribution in [3.05, 3.63) is 89.5 Å². The number of carbonyl (C=O) groups is 2. The molecule has 3 aromatic rings. The highest BCUT2D eigenvalue weighted by molar-refractivity contribution is 7.99. The summed E-state index contributed by atoms with van der Waals surface area (Å²) in [6, 6.07) is 23.3. The topological polar surface area (TPSA) is 55.8 Å². The number of carbonyl (C=O) groups excluding carboxylic acids is 2. The molecule has 0 N–H and O–H groups in total. The van der Waals surface area contributed by atoms with Gasteiger partial charge in [0.15, 0.2) is 19.4 Å². The van der Waals surface area contributed by atoms with Crippen LogP contribution in [0.3, 0.4) is 0 Å². The van der Waals surface area contributed by atoms with Crippen molar-refractivity contribution in [2.75, 3.05) is 31.2 Å². The Hall–Kier alpha value is -2.50. The molecular weight excluding hydrogens is 551 g/mol. The second-order valence-electron chi connectivity index (χ2n) is 12.3. The fourth-order valence-corrected chi connectivity index (χ4v) is 8.66. The lowest BCUT2D eigenvalue weighted by molar-refractivity contribution is 0.0568. The van der Waals surface area contributed by atoms with E-state index in [4.69, 9.17) is 9.16 Å². The van der Waals surface area contributed by atoms with Crippen LogP contribution in [0.4, 0.5) is 5.69 Å². The summed E-state index contributed by atoms with van der Waals surface area (Å²) in [6.07, 6.45) is 0. The highest BCUT2D eigenvalue weighted by atomic mass is 32.2. The first kappa shape index (κ1) is 30.5. The van der Waals surface area contributed by atoms with E-state index in [1.807, 2.05) is 86.6 Å². The minimum atomic E-state index is -1.96. The lowest BCUT2D eigenvalue weighted by Gasteiger charge is -2.41. The van der Waals surface area contributed by atoms with Gasteiger partial charge in [0.25, 0.3) is 0 Å². The number of rotatable bonds is 10. The number of hydrogen-bond acceptors (Lipinski definition) is 6. The predicted molar refractivity (Wildman–Crippen MR) is 170 cm³/mol. The summed E-state index contributed by atoms with van der Waals surface area (Å²) < 4.78 is 12.0. The zero-order chi connectivity index (χ0) is 29.1. The van der Waals surface area contributed by atoms with Crippen LogP contribution in [-0.4, -0.2) is 58.9 Å². The van der Waals surface area contributed by atoms with Gasteiger partial charge < -0.3 is 14.1 Å². The Morgan fingerprint density at radius 1 is 0.750 bits per heavy atom. The highest BCUT2D eigenvalue weighted by Crippen LogP contribution is 2.31. The number of Topliss-reactive ketones (excluding diaryl/α,β-unsaturated/α-hetero) is 1. The Labute approximate surface area is 245 Å². The molecule has 0 spiro atoms. The minimum Gasteiger partial charge on any atom is -0.408 e. The quantitative estimate of drug-likeness (QED) is 0.180. The van der Waals surface area contributed by atoms with Crippen molar-refractivity contribution in [2.45, 2.75) is 62.0 Å². The molecule has 212 valence electrons. The first-order chi connectivity index (χ1) is 18.8.